The van der Waals surface area contributed by atoms with Gasteiger partial charge in [-0.05, 0) is 57.0 Å². The van der Waals surface area contributed by atoms with Crippen molar-refractivity contribution in [1.82, 2.24) is 10.2 Å². The molecule has 0 atom stereocenters. The highest BCUT2D eigenvalue weighted by Crippen LogP contribution is 2.34. The Bertz CT molecular complexity index is 622. The molecule has 4 rings (SSSR count). The molecule has 0 aromatic heterocycles. The predicted molar refractivity (Wildman–Crippen MR) is 93.1 cm³/mol. The van der Waals surface area contributed by atoms with Gasteiger partial charge in [0.2, 0.25) is 6.79 Å². The first-order valence-electron chi connectivity index (χ1n) is 9.22. The second-order valence-electron chi connectivity index (χ2n) is 7.35. The highest BCUT2D eigenvalue weighted by Gasteiger charge is 2.35. The summed E-state index contributed by atoms with van der Waals surface area (Å²) in [4.78, 5) is 15.2. The van der Waals surface area contributed by atoms with Crippen LogP contribution in [0.2, 0.25) is 0 Å². The molecule has 0 bridgehead atoms. The lowest BCUT2D eigenvalue weighted by atomic mass is 9.79. The largest absolute Gasteiger partial charge is 0.454 e. The Morgan fingerprint density at radius 1 is 1.12 bits per heavy atom. The highest BCUT2D eigenvalue weighted by molar-refractivity contribution is 5.94. The number of hydrogen-bond acceptors (Lipinski definition) is 5. The van der Waals surface area contributed by atoms with Crippen LogP contribution in [0.25, 0.3) is 0 Å². The number of fused-ring (bicyclic) bond motifs is 1. The number of amides is 1. The van der Waals surface area contributed by atoms with Gasteiger partial charge in [-0.3, -0.25) is 4.79 Å². The van der Waals surface area contributed by atoms with E-state index >= 15 is 0 Å². The van der Waals surface area contributed by atoms with E-state index in [9.17, 15) is 4.79 Å². The Hall–Kier alpha value is -1.79. The minimum absolute atomic E-state index is 0.0504. The number of nitrogens with one attached hydrogen (secondary N) is 1. The molecular weight excluding hydrogens is 320 g/mol. The Morgan fingerprint density at radius 2 is 1.88 bits per heavy atom. The number of ether oxygens (including phenoxy) is 3. The van der Waals surface area contributed by atoms with E-state index in [4.69, 9.17) is 14.2 Å². The van der Waals surface area contributed by atoms with E-state index in [0.29, 0.717) is 23.6 Å². The highest BCUT2D eigenvalue weighted by atomic mass is 16.7. The molecule has 6 nitrogen and oxygen atoms in total. The molecule has 25 heavy (non-hydrogen) atoms. The Morgan fingerprint density at radius 3 is 2.68 bits per heavy atom. The molecule has 3 aliphatic rings. The molecule has 1 N–H and O–H groups in total. The van der Waals surface area contributed by atoms with Gasteiger partial charge in [-0.2, -0.15) is 0 Å². The van der Waals surface area contributed by atoms with Crippen molar-refractivity contribution in [2.75, 3.05) is 46.2 Å². The van der Waals surface area contributed by atoms with E-state index in [-0.39, 0.29) is 18.1 Å². The van der Waals surface area contributed by atoms with Crippen molar-refractivity contribution >= 4 is 5.91 Å². The molecule has 1 aromatic rings. The first-order valence-corrected chi connectivity index (χ1v) is 9.22. The van der Waals surface area contributed by atoms with Crippen molar-refractivity contribution in [3.8, 4) is 11.5 Å². The molecule has 2 saturated heterocycles. The van der Waals surface area contributed by atoms with Gasteiger partial charge in [0.05, 0.1) is 0 Å². The lowest BCUT2D eigenvalue weighted by Gasteiger charge is -2.40. The third-order valence-corrected chi connectivity index (χ3v) is 5.57. The number of nitrogens with zero attached hydrogens (tertiary/aromatic N) is 1. The second-order valence-corrected chi connectivity index (χ2v) is 7.35. The summed E-state index contributed by atoms with van der Waals surface area (Å²) in [7, 11) is 0. The first kappa shape index (κ1) is 16.7. The summed E-state index contributed by atoms with van der Waals surface area (Å²) in [6.07, 6.45) is 4.59. The third-order valence-electron chi connectivity index (χ3n) is 5.57. The standard InChI is InChI=1S/C19H26N2O4/c22-18(15-3-4-16-17(11-15)25-14-24-16)20-12-19(5-9-23-10-6-19)13-21-7-1-2-8-21/h3-4,11H,1-2,5-10,12-14H2,(H,20,22). The average molecular weight is 346 g/mol. The summed E-state index contributed by atoms with van der Waals surface area (Å²) < 4.78 is 16.2. The van der Waals surface area contributed by atoms with Crippen molar-refractivity contribution in [2.24, 2.45) is 5.41 Å². The fourth-order valence-electron chi connectivity index (χ4n) is 4.02. The van der Waals surface area contributed by atoms with Crippen LogP contribution in [0.1, 0.15) is 36.0 Å². The zero-order chi connectivity index (χ0) is 17.1. The maximum Gasteiger partial charge on any atom is 0.251 e. The lowest BCUT2D eigenvalue weighted by Crippen LogP contribution is -2.48. The number of carbonyl (C=O) groups is 1. The number of benzene rings is 1. The van der Waals surface area contributed by atoms with E-state index in [1.54, 1.807) is 18.2 Å². The van der Waals surface area contributed by atoms with Crippen LogP contribution in [0, 0.1) is 5.41 Å². The first-order chi connectivity index (χ1) is 12.2. The molecular formula is C19H26N2O4. The molecule has 3 aliphatic heterocycles. The van der Waals surface area contributed by atoms with E-state index in [0.717, 1.165) is 32.6 Å². The normalized spacial score (nSPS) is 22.1. The smallest absolute Gasteiger partial charge is 0.251 e. The van der Waals surface area contributed by atoms with Gasteiger partial charge in [-0.15, -0.1) is 0 Å². The van der Waals surface area contributed by atoms with Crippen LogP contribution in [0.5, 0.6) is 11.5 Å². The zero-order valence-electron chi connectivity index (χ0n) is 14.6. The molecule has 0 aliphatic carbocycles. The van der Waals surface area contributed by atoms with Crippen LogP contribution in [-0.2, 0) is 4.74 Å². The minimum Gasteiger partial charge on any atom is -0.454 e. The monoisotopic (exact) mass is 346 g/mol. The van der Waals surface area contributed by atoms with Crippen LogP contribution in [-0.4, -0.2) is 57.0 Å². The number of likely N-dealkylation sites (tertiary alicyclic amines) is 1. The van der Waals surface area contributed by atoms with E-state index in [2.05, 4.69) is 10.2 Å². The minimum atomic E-state index is -0.0504. The van der Waals surface area contributed by atoms with Crippen molar-refractivity contribution in [1.29, 1.82) is 0 Å². The van der Waals surface area contributed by atoms with Gasteiger partial charge in [0.25, 0.3) is 5.91 Å². The Balaban J connectivity index is 1.40. The summed E-state index contributed by atoms with van der Waals surface area (Å²) in [6.45, 7) is 5.90. The summed E-state index contributed by atoms with van der Waals surface area (Å²) in [5.74, 6) is 1.29. The Kier molecular flexibility index (Phi) is 4.81. The van der Waals surface area contributed by atoms with Gasteiger partial charge in [-0.1, -0.05) is 0 Å². The van der Waals surface area contributed by atoms with E-state index in [1.807, 2.05) is 0 Å². The molecule has 0 unspecified atom stereocenters. The zero-order valence-corrected chi connectivity index (χ0v) is 14.6. The quantitative estimate of drug-likeness (QED) is 0.884. The average Bonchev–Trinajstić information content (AvgIpc) is 3.31. The number of carbonyl (C=O) groups excluding carboxylic acids is 1. The van der Waals surface area contributed by atoms with Crippen molar-refractivity contribution in [3.05, 3.63) is 23.8 Å². The predicted octanol–water partition coefficient (Wildman–Crippen LogP) is 2.04. The number of hydrogen-bond donors (Lipinski definition) is 1. The lowest BCUT2D eigenvalue weighted by molar-refractivity contribution is -0.000629. The van der Waals surface area contributed by atoms with Crippen LogP contribution >= 0.6 is 0 Å². The molecule has 2 fully saturated rings. The van der Waals surface area contributed by atoms with Gasteiger partial charge in [0.1, 0.15) is 0 Å². The molecule has 1 aromatic carbocycles. The SMILES string of the molecule is O=C(NCC1(CN2CCCC2)CCOCC1)c1ccc2c(c1)OCO2. The second kappa shape index (κ2) is 7.22. The van der Waals surface area contributed by atoms with Crippen LogP contribution < -0.4 is 14.8 Å². The molecule has 3 heterocycles. The van der Waals surface area contributed by atoms with Gasteiger partial charge < -0.3 is 24.4 Å². The Labute approximate surface area is 148 Å². The molecule has 0 radical (unpaired) electrons. The van der Waals surface area contributed by atoms with Gasteiger partial charge >= 0.3 is 0 Å². The fraction of sp³-hybridized carbons (Fsp3) is 0.632. The van der Waals surface area contributed by atoms with Crippen LogP contribution in [0.4, 0.5) is 0 Å². The molecule has 0 spiro atoms. The molecule has 1 amide bonds. The molecule has 136 valence electrons. The van der Waals surface area contributed by atoms with Crippen molar-refractivity contribution in [2.45, 2.75) is 25.7 Å². The summed E-state index contributed by atoms with van der Waals surface area (Å²) in [6, 6.07) is 5.35. The van der Waals surface area contributed by atoms with Crippen molar-refractivity contribution < 1.29 is 19.0 Å². The third kappa shape index (κ3) is 3.75. The van der Waals surface area contributed by atoms with Gasteiger partial charge in [-0.25, -0.2) is 0 Å². The topological polar surface area (TPSA) is 60.0 Å². The van der Waals surface area contributed by atoms with Crippen molar-refractivity contribution in [3.63, 3.8) is 0 Å². The maximum atomic E-state index is 12.6. The van der Waals surface area contributed by atoms with Gasteiger partial charge in [0, 0.05) is 37.3 Å². The maximum absolute atomic E-state index is 12.6. The van der Waals surface area contributed by atoms with E-state index in [1.165, 1.54) is 25.9 Å². The summed E-state index contributed by atoms with van der Waals surface area (Å²) in [5.41, 5.74) is 0.738. The summed E-state index contributed by atoms with van der Waals surface area (Å²) >= 11 is 0. The van der Waals surface area contributed by atoms with Crippen LogP contribution in [0.3, 0.4) is 0 Å². The fourth-order valence-corrected chi connectivity index (χ4v) is 4.02. The summed E-state index contributed by atoms with van der Waals surface area (Å²) in [5, 5.41) is 3.16. The van der Waals surface area contributed by atoms with E-state index < -0.39 is 0 Å². The van der Waals surface area contributed by atoms with Gasteiger partial charge in [0.15, 0.2) is 11.5 Å². The number of rotatable bonds is 5. The molecule has 6 heteroatoms. The van der Waals surface area contributed by atoms with Crippen LogP contribution in [0.15, 0.2) is 18.2 Å². The molecule has 0 saturated carbocycles.